The molecule has 210 valence electrons. The first-order chi connectivity index (χ1) is 20.0. The van der Waals surface area contributed by atoms with Crippen LogP contribution in [0.25, 0.3) is 33.6 Å². The molecule has 0 aliphatic heterocycles. The minimum Gasteiger partial charge on any atom is -0.494 e. The van der Waals surface area contributed by atoms with Crippen LogP contribution in [0.4, 0.5) is 0 Å². The molecule has 0 fully saturated rings. The van der Waals surface area contributed by atoms with Crippen molar-refractivity contribution in [3.8, 4) is 39.4 Å². The molecule has 8 nitrogen and oxygen atoms in total. The molecule has 2 aromatic heterocycles. The standard InChI is InChI=1S/C33H34N4O4/c1-4-9-29-34-28(6-3)30(24-16-18-25(19-17-24)40-20-5-2)32(38)37(29)21-22-12-14-23(15-13-22)26-10-7-8-11-27(26)31-35-33(39)41-36-31/h7-8,10-19H,4-6,9,20-21H2,1-3H3,(H,35,36,39). The van der Waals surface area contributed by atoms with E-state index in [0.717, 1.165) is 57.9 Å². The molecular formula is C33H34N4O4. The fraction of sp³-hybridized carbons (Fsp3) is 0.273. The van der Waals surface area contributed by atoms with E-state index in [2.05, 4.69) is 24.0 Å². The van der Waals surface area contributed by atoms with E-state index in [9.17, 15) is 9.59 Å². The highest BCUT2D eigenvalue weighted by Crippen LogP contribution is 2.30. The van der Waals surface area contributed by atoms with Crippen LogP contribution in [0.15, 0.2) is 86.9 Å². The number of rotatable bonds is 11. The Morgan fingerprint density at radius 3 is 2.20 bits per heavy atom. The van der Waals surface area contributed by atoms with E-state index in [1.165, 1.54) is 0 Å². The quantitative estimate of drug-likeness (QED) is 0.208. The Bertz CT molecular complexity index is 1730. The summed E-state index contributed by atoms with van der Waals surface area (Å²) in [6, 6.07) is 23.5. The lowest BCUT2D eigenvalue weighted by Gasteiger charge is -2.17. The van der Waals surface area contributed by atoms with Gasteiger partial charge in [0.05, 0.1) is 24.4 Å². The molecule has 0 aliphatic carbocycles. The van der Waals surface area contributed by atoms with Gasteiger partial charge >= 0.3 is 5.76 Å². The van der Waals surface area contributed by atoms with Gasteiger partial charge in [0, 0.05) is 12.0 Å². The zero-order chi connectivity index (χ0) is 28.8. The van der Waals surface area contributed by atoms with Gasteiger partial charge in [0.2, 0.25) is 0 Å². The van der Waals surface area contributed by atoms with Crippen molar-refractivity contribution in [2.45, 2.75) is 53.0 Å². The molecule has 0 amide bonds. The molecule has 0 bridgehead atoms. The number of benzene rings is 3. The van der Waals surface area contributed by atoms with Crippen LogP contribution >= 0.6 is 0 Å². The second-order valence-corrected chi connectivity index (χ2v) is 9.90. The molecular weight excluding hydrogens is 516 g/mol. The third-order valence-corrected chi connectivity index (χ3v) is 6.98. The van der Waals surface area contributed by atoms with Crippen molar-refractivity contribution in [1.29, 1.82) is 0 Å². The van der Waals surface area contributed by atoms with Crippen molar-refractivity contribution in [2.75, 3.05) is 6.61 Å². The van der Waals surface area contributed by atoms with Crippen LogP contribution in [0.5, 0.6) is 5.75 Å². The highest BCUT2D eigenvalue weighted by Gasteiger charge is 2.18. The Hall–Kier alpha value is -4.72. The van der Waals surface area contributed by atoms with Crippen LogP contribution in [-0.2, 0) is 19.4 Å². The minimum atomic E-state index is -0.596. The zero-order valence-corrected chi connectivity index (χ0v) is 23.6. The number of nitrogens with one attached hydrogen (secondary N) is 1. The van der Waals surface area contributed by atoms with Gasteiger partial charge in [0.15, 0.2) is 5.82 Å². The SMILES string of the molecule is CCCOc1ccc(-c2c(CC)nc(CCC)n(Cc3ccc(-c4ccccc4-c4noc(=O)[nH]4)cc3)c2=O)cc1. The van der Waals surface area contributed by atoms with Crippen LogP contribution in [0.1, 0.15) is 50.7 Å². The summed E-state index contributed by atoms with van der Waals surface area (Å²) in [7, 11) is 0. The Labute approximate surface area is 238 Å². The Kier molecular flexibility index (Phi) is 8.58. The first kappa shape index (κ1) is 27.8. The van der Waals surface area contributed by atoms with Gasteiger partial charge in [0.1, 0.15) is 11.6 Å². The summed E-state index contributed by atoms with van der Waals surface area (Å²) < 4.78 is 12.3. The van der Waals surface area contributed by atoms with Crippen molar-refractivity contribution in [2.24, 2.45) is 0 Å². The smallest absolute Gasteiger partial charge is 0.439 e. The van der Waals surface area contributed by atoms with Gasteiger partial charge in [-0.15, -0.1) is 0 Å². The molecule has 8 heteroatoms. The number of aryl methyl sites for hydroxylation is 2. The lowest BCUT2D eigenvalue weighted by atomic mass is 9.98. The van der Waals surface area contributed by atoms with Crippen LogP contribution < -0.4 is 16.1 Å². The first-order valence-corrected chi connectivity index (χ1v) is 14.1. The van der Waals surface area contributed by atoms with Crippen LogP contribution in [0.2, 0.25) is 0 Å². The Morgan fingerprint density at radius 2 is 1.56 bits per heavy atom. The van der Waals surface area contributed by atoms with E-state index in [4.69, 9.17) is 14.2 Å². The van der Waals surface area contributed by atoms with Gasteiger partial charge in [-0.1, -0.05) is 86.6 Å². The number of ether oxygens (including phenoxy) is 1. The predicted octanol–water partition coefficient (Wildman–Crippen LogP) is 6.27. The molecule has 2 heterocycles. The van der Waals surface area contributed by atoms with Gasteiger partial charge < -0.3 is 4.74 Å². The molecule has 5 aromatic rings. The monoisotopic (exact) mass is 550 g/mol. The summed E-state index contributed by atoms with van der Waals surface area (Å²) in [5.74, 6) is 1.37. The summed E-state index contributed by atoms with van der Waals surface area (Å²) in [5, 5.41) is 3.85. The van der Waals surface area contributed by atoms with Gasteiger partial charge in [0.25, 0.3) is 5.56 Å². The topological polar surface area (TPSA) is 103 Å². The van der Waals surface area contributed by atoms with Gasteiger partial charge in [-0.2, -0.15) is 0 Å². The van der Waals surface area contributed by atoms with Crippen LogP contribution in [0.3, 0.4) is 0 Å². The van der Waals surface area contributed by atoms with Crippen molar-refractivity contribution in [1.82, 2.24) is 19.7 Å². The van der Waals surface area contributed by atoms with Gasteiger partial charge in [-0.05, 0) is 53.6 Å². The maximum Gasteiger partial charge on any atom is 0.439 e. The van der Waals surface area contributed by atoms with Crippen molar-refractivity contribution in [3.05, 3.63) is 111 Å². The fourth-order valence-corrected chi connectivity index (χ4v) is 4.97. The number of aromatic nitrogens is 4. The normalized spacial score (nSPS) is 11.1. The zero-order valence-electron chi connectivity index (χ0n) is 23.6. The van der Waals surface area contributed by atoms with Crippen LogP contribution in [-0.4, -0.2) is 26.3 Å². The predicted molar refractivity (Wildman–Crippen MR) is 160 cm³/mol. The summed E-state index contributed by atoms with van der Waals surface area (Å²) in [6.07, 6.45) is 3.21. The van der Waals surface area contributed by atoms with E-state index in [-0.39, 0.29) is 5.56 Å². The minimum absolute atomic E-state index is 0.0352. The summed E-state index contributed by atoms with van der Waals surface area (Å²) in [6.45, 7) is 7.27. The maximum absolute atomic E-state index is 14.0. The lowest BCUT2D eigenvalue weighted by Crippen LogP contribution is -2.29. The van der Waals surface area contributed by atoms with E-state index in [0.29, 0.717) is 37.4 Å². The second kappa shape index (κ2) is 12.6. The average molecular weight is 551 g/mol. The number of aromatic amines is 1. The number of nitrogens with zero attached hydrogens (tertiary/aromatic N) is 3. The third-order valence-electron chi connectivity index (χ3n) is 6.98. The molecule has 3 aromatic carbocycles. The molecule has 0 saturated carbocycles. The molecule has 0 spiro atoms. The Morgan fingerprint density at radius 1 is 0.854 bits per heavy atom. The Balaban J connectivity index is 1.50. The molecule has 0 saturated heterocycles. The van der Waals surface area contributed by atoms with E-state index in [1.807, 2.05) is 84.3 Å². The fourth-order valence-electron chi connectivity index (χ4n) is 4.97. The summed E-state index contributed by atoms with van der Waals surface area (Å²) in [5.41, 5.74) is 5.89. The number of hydrogen-bond acceptors (Lipinski definition) is 6. The van der Waals surface area contributed by atoms with E-state index < -0.39 is 5.76 Å². The van der Waals surface area contributed by atoms with Gasteiger partial charge in [-0.25, -0.2) is 9.78 Å². The molecule has 0 radical (unpaired) electrons. The summed E-state index contributed by atoms with van der Waals surface area (Å²) >= 11 is 0. The van der Waals surface area contributed by atoms with Crippen molar-refractivity contribution < 1.29 is 9.26 Å². The third kappa shape index (κ3) is 6.06. The van der Waals surface area contributed by atoms with Crippen molar-refractivity contribution in [3.63, 3.8) is 0 Å². The number of hydrogen-bond donors (Lipinski definition) is 1. The van der Waals surface area contributed by atoms with E-state index >= 15 is 0 Å². The summed E-state index contributed by atoms with van der Waals surface area (Å²) in [4.78, 5) is 33.2. The number of H-pyrrole nitrogens is 1. The van der Waals surface area contributed by atoms with Crippen LogP contribution in [0, 0.1) is 0 Å². The molecule has 5 rings (SSSR count). The first-order valence-electron chi connectivity index (χ1n) is 14.1. The highest BCUT2D eigenvalue weighted by molar-refractivity contribution is 5.80. The molecule has 0 aliphatic rings. The molecule has 0 unspecified atom stereocenters. The molecule has 41 heavy (non-hydrogen) atoms. The van der Waals surface area contributed by atoms with Crippen molar-refractivity contribution >= 4 is 0 Å². The maximum atomic E-state index is 14.0. The second-order valence-electron chi connectivity index (χ2n) is 9.90. The highest BCUT2D eigenvalue weighted by atomic mass is 16.5. The molecule has 0 atom stereocenters. The van der Waals surface area contributed by atoms with E-state index in [1.54, 1.807) is 0 Å². The molecule has 1 N–H and O–H groups in total. The largest absolute Gasteiger partial charge is 0.494 e. The average Bonchev–Trinajstić information content (AvgIpc) is 3.44. The lowest BCUT2D eigenvalue weighted by molar-refractivity contribution is 0.317. The van der Waals surface area contributed by atoms with Gasteiger partial charge in [-0.3, -0.25) is 18.9 Å².